The number of anilines is 1. The monoisotopic (exact) mass is 359 g/mol. The third-order valence-electron chi connectivity index (χ3n) is 4.79. The molecule has 3 heterocycles. The fraction of sp³-hybridized carbons (Fsp3) is 0.556. The number of aromatic nitrogens is 3. The van der Waals surface area contributed by atoms with Crippen molar-refractivity contribution in [3.8, 4) is 0 Å². The van der Waals surface area contributed by atoms with Crippen LogP contribution >= 0.6 is 0 Å². The van der Waals surface area contributed by atoms with Crippen molar-refractivity contribution in [3.63, 3.8) is 0 Å². The van der Waals surface area contributed by atoms with Crippen LogP contribution in [0.25, 0.3) is 0 Å². The zero-order valence-electron chi connectivity index (χ0n) is 15.2. The quantitative estimate of drug-likeness (QED) is 0.797. The molecule has 1 aliphatic heterocycles. The average Bonchev–Trinajstić information content (AvgIpc) is 2.97. The van der Waals surface area contributed by atoms with E-state index in [1.54, 1.807) is 18.5 Å². The van der Waals surface area contributed by atoms with Gasteiger partial charge in [0.1, 0.15) is 5.76 Å². The van der Waals surface area contributed by atoms with Gasteiger partial charge in [0.15, 0.2) is 0 Å². The molecule has 2 aromatic heterocycles. The summed E-state index contributed by atoms with van der Waals surface area (Å²) in [6.07, 6.45) is 5.75. The molecule has 0 bridgehead atoms. The van der Waals surface area contributed by atoms with Crippen LogP contribution in [0.1, 0.15) is 36.3 Å². The second-order valence-corrected chi connectivity index (χ2v) is 6.88. The Balaban J connectivity index is 1.50. The number of aliphatic hydroxyl groups is 1. The molecule has 1 saturated heterocycles. The molecule has 2 N–H and O–H groups in total. The SMILES string of the molecule is Cc1noc(C)c1CCC(=O)NC[C@@]1(O)CCCN(c2ncccn2)C1. The number of rotatable bonds is 6. The van der Waals surface area contributed by atoms with Crippen molar-refractivity contribution < 1.29 is 14.4 Å². The first-order chi connectivity index (χ1) is 12.5. The summed E-state index contributed by atoms with van der Waals surface area (Å²) in [5, 5.41) is 17.6. The third-order valence-corrected chi connectivity index (χ3v) is 4.79. The summed E-state index contributed by atoms with van der Waals surface area (Å²) in [5.41, 5.74) is 0.819. The number of nitrogens with one attached hydrogen (secondary N) is 1. The van der Waals surface area contributed by atoms with Gasteiger partial charge in [0.2, 0.25) is 11.9 Å². The van der Waals surface area contributed by atoms with E-state index in [9.17, 15) is 9.90 Å². The summed E-state index contributed by atoms with van der Waals surface area (Å²) in [6.45, 7) is 5.14. The Hall–Kier alpha value is -2.48. The highest BCUT2D eigenvalue weighted by molar-refractivity contribution is 5.76. The Bertz CT molecular complexity index is 729. The van der Waals surface area contributed by atoms with Crippen LogP contribution in [0.4, 0.5) is 5.95 Å². The third kappa shape index (κ3) is 4.37. The summed E-state index contributed by atoms with van der Waals surface area (Å²) in [6, 6.07) is 1.76. The minimum absolute atomic E-state index is 0.0912. The number of piperidine rings is 1. The Morgan fingerprint density at radius 1 is 1.38 bits per heavy atom. The van der Waals surface area contributed by atoms with E-state index in [2.05, 4.69) is 20.4 Å². The number of β-amino-alcohol motifs (C(OH)–C–C–N with tert-alkyl or cyclic N) is 1. The van der Waals surface area contributed by atoms with E-state index in [1.807, 2.05) is 18.7 Å². The molecule has 0 spiro atoms. The standard InChI is InChI=1S/C18H25N5O3/c1-13-15(14(2)26-22-13)5-6-16(24)21-11-18(25)7-3-10-23(12-18)17-19-8-4-9-20-17/h4,8-9,25H,3,5-7,10-12H2,1-2H3,(H,21,24)/t18-/m0/s1. The molecule has 2 aromatic rings. The van der Waals surface area contributed by atoms with Gasteiger partial charge in [-0.05, 0) is 39.2 Å². The Kier molecular flexibility index (Phi) is 5.51. The lowest BCUT2D eigenvalue weighted by molar-refractivity contribution is -0.122. The molecule has 0 saturated carbocycles. The first-order valence-electron chi connectivity index (χ1n) is 8.90. The molecule has 8 heteroatoms. The zero-order chi connectivity index (χ0) is 18.6. The van der Waals surface area contributed by atoms with Crippen LogP contribution in [-0.2, 0) is 11.2 Å². The molecule has 3 rings (SSSR count). The van der Waals surface area contributed by atoms with Crippen LogP contribution in [0.5, 0.6) is 0 Å². The van der Waals surface area contributed by atoms with Gasteiger partial charge < -0.3 is 19.8 Å². The van der Waals surface area contributed by atoms with Crippen molar-refractivity contribution in [2.24, 2.45) is 0 Å². The maximum atomic E-state index is 12.2. The van der Waals surface area contributed by atoms with Gasteiger partial charge in [0.05, 0.1) is 17.8 Å². The topological polar surface area (TPSA) is 104 Å². The van der Waals surface area contributed by atoms with Crippen molar-refractivity contribution in [1.82, 2.24) is 20.4 Å². The van der Waals surface area contributed by atoms with E-state index in [0.717, 1.165) is 30.0 Å². The van der Waals surface area contributed by atoms with Gasteiger partial charge in [-0.3, -0.25) is 4.79 Å². The van der Waals surface area contributed by atoms with Crippen molar-refractivity contribution >= 4 is 11.9 Å². The molecule has 0 aromatic carbocycles. The molecule has 1 amide bonds. The van der Waals surface area contributed by atoms with Gasteiger partial charge in [-0.15, -0.1) is 0 Å². The zero-order valence-corrected chi connectivity index (χ0v) is 15.2. The highest BCUT2D eigenvalue weighted by Crippen LogP contribution is 2.23. The summed E-state index contributed by atoms with van der Waals surface area (Å²) in [4.78, 5) is 22.6. The van der Waals surface area contributed by atoms with E-state index >= 15 is 0 Å². The normalized spacial score (nSPS) is 20.2. The molecule has 0 unspecified atom stereocenters. The first-order valence-corrected chi connectivity index (χ1v) is 8.90. The van der Waals surface area contributed by atoms with E-state index < -0.39 is 5.60 Å². The number of carbonyl (C=O) groups is 1. The van der Waals surface area contributed by atoms with Gasteiger partial charge in [0.25, 0.3) is 0 Å². The smallest absolute Gasteiger partial charge is 0.225 e. The maximum absolute atomic E-state index is 12.2. The highest BCUT2D eigenvalue weighted by Gasteiger charge is 2.34. The first kappa shape index (κ1) is 18.3. The van der Waals surface area contributed by atoms with Crippen LogP contribution < -0.4 is 10.2 Å². The van der Waals surface area contributed by atoms with Gasteiger partial charge >= 0.3 is 0 Å². The summed E-state index contributed by atoms with van der Waals surface area (Å²) < 4.78 is 5.11. The predicted molar refractivity (Wildman–Crippen MR) is 95.7 cm³/mol. The molecule has 1 aliphatic rings. The van der Waals surface area contributed by atoms with E-state index in [-0.39, 0.29) is 12.5 Å². The molecule has 1 fully saturated rings. The van der Waals surface area contributed by atoms with Crippen LogP contribution in [0.2, 0.25) is 0 Å². The summed E-state index contributed by atoms with van der Waals surface area (Å²) in [5.74, 6) is 1.27. The summed E-state index contributed by atoms with van der Waals surface area (Å²) >= 11 is 0. The number of aryl methyl sites for hydroxylation is 2. The van der Waals surface area contributed by atoms with E-state index in [4.69, 9.17) is 4.52 Å². The number of nitrogens with zero attached hydrogens (tertiary/aromatic N) is 4. The second-order valence-electron chi connectivity index (χ2n) is 6.88. The van der Waals surface area contributed by atoms with Crippen LogP contribution in [-0.4, -0.2) is 51.4 Å². The molecule has 0 radical (unpaired) electrons. The van der Waals surface area contributed by atoms with Crippen LogP contribution in [0.15, 0.2) is 23.0 Å². The fourth-order valence-electron chi connectivity index (χ4n) is 3.33. The van der Waals surface area contributed by atoms with E-state index in [1.165, 1.54) is 0 Å². The van der Waals surface area contributed by atoms with Gasteiger partial charge in [-0.2, -0.15) is 0 Å². The molecular weight excluding hydrogens is 334 g/mol. The minimum atomic E-state index is -0.976. The Labute approximate surface area is 152 Å². The Morgan fingerprint density at radius 2 is 2.15 bits per heavy atom. The number of carbonyl (C=O) groups excluding carboxylic acids is 1. The lowest BCUT2D eigenvalue weighted by atomic mass is 9.93. The second kappa shape index (κ2) is 7.82. The van der Waals surface area contributed by atoms with Crippen molar-refractivity contribution in [2.45, 2.75) is 45.1 Å². The van der Waals surface area contributed by atoms with Crippen molar-refractivity contribution in [3.05, 3.63) is 35.5 Å². The number of amides is 1. The fourth-order valence-corrected chi connectivity index (χ4v) is 3.33. The maximum Gasteiger partial charge on any atom is 0.225 e. The largest absolute Gasteiger partial charge is 0.386 e. The average molecular weight is 359 g/mol. The minimum Gasteiger partial charge on any atom is -0.386 e. The lowest BCUT2D eigenvalue weighted by Crippen LogP contribution is -2.54. The number of hydrogen-bond donors (Lipinski definition) is 2. The van der Waals surface area contributed by atoms with Gasteiger partial charge in [-0.1, -0.05) is 5.16 Å². The van der Waals surface area contributed by atoms with Gasteiger partial charge in [0, 0.05) is 37.5 Å². The molecule has 0 aliphatic carbocycles. The van der Waals surface area contributed by atoms with Gasteiger partial charge in [-0.25, -0.2) is 9.97 Å². The molecule has 8 nitrogen and oxygen atoms in total. The van der Waals surface area contributed by atoms with Crippen LogP contribution in [0.3, 0.4) is 0 Å². The number of hydrogen-bond acceptors (Lipinski definition) is 7. The Morgan fingerprint density at radius 3 is 2.85 bits per heavy atom. The van der Waals surface area contributed by atoms with E-state index in [0.29, 0.717) is 31.8 Å². The predicted octanol–water partition coefficient (Wildman–Crippen LogP) is 1.16. The van der Waals surface area contributed by atoms with Crippen molar-refractivity contribution in [1.29, 1.82) is 0 Å². The summed E-state index contributed by atoms with van der Waals surface area (Å²) in [7, 11) is 0. The molecular formula is C18H25N5O3. The lowest BCUT2D eigenvalue weighted by Gasteiger charge is -2.39. The highest BCUT2D eigenvalue weighted by atomic mass is 16.5. The molecule has 140 valence electrons. The molecule has 1 atom stereocenters. The molecule has 26 heavy (non-hydrogen) atoms. The van der Waals surface area contributed by atoms with Crippen LogP contribution in [0, 0.1) is 13.8 Å². The van der Waals surface area contributed by atoms with Crippen molar-refractivity contribution in [2.75, 3.05) is 24.5 Å².